The predicted molar refractivity (Wildman–Crippen MR) is 85.0 cm³/mol. The van der Waals surface area contributed by atoms with Crippen molar-refractivity contribution in [3.8, 4) is 0 Å². The molecule has 0 radical (unpaired) electrons. The molecule has 0 saturated carbocycles. The molecule has 1 fully saturated rings. The third-order valence-electron chi connectivity index (χ3n) is 4.76. The third kappa shape index (κ3) is 4.06. The first kappa shape index (κ1) is 19.1. The van der Waals surface area contributed by atoms with E-state index in [4.69, 9.17) is 23.4 Å². The van der Waals surface area contributed by atoms with E-state index in [9.17, 15) is 0 Å². The van der Waals surface area contributed by atoms with Gasteiger partial charge in [0.2, 0.25) is 0 Å². The second-order valence-corrected chi connectivity index (χ2v) is 11.9. The summed E-state index contributed by atoms with van der Waals surface area (Å²) in [5.41, 5.74) is 0. The van der Waals surface area contributed by atoms with Crippen LogP contribution in [0.5, 0.6) is 0 Å². The Morgan fingerprint density at radius 1 is 0.857 bits per heavy atom. The lowest BCUT2D eigenvalue weighted by Crippen LogP contribution is -2.61. The molecule has 1 heterocycles. The van der Waals surface area contributed by atoms with E-state index in [1.165, 1.54) is 0 Å². The molecule has 0 spiro atoms. The van der Waals surface area contributed by atoms with Crippen molar-refractivity contribution in [3.63, 3.8) is 0 Å². The van der Waals surface area contributed by atoms with E-state index < -0.39 is 14.6 Å². The van der Waals surface area contributed by atoms with Crippen LogP contribution >= 0.6 is 0 Å². The highest BCUT2D eigenvalue weighted by molar-refractivity contribution is 6.74. The van der Waals surface area contributed by atoms with Gasteiger partial charge in [0.15, 0.2) is 14.6 Å². The summed E-state index contributed by atoms with van der Waals surface area (Å²) in [5.74, 6) is 0. The molecule has 0 amide bonds. The maximum atomic E-state index is 6.40. The van der Waals surface area contributed by atoms with Gasteiger partial charge in [-0.1, -0.05) is 20.8 Å². The Hall–Kier alpha value is 0.0169. The summed E-state index contributed by atoms with van der Waals surface area (Å²) in [6, 6.07) is 0. The number of rotatable bonds is 5. The van der Waals surface area contributed by atoms with Crippen molar-refractivity contribution in [1.29, 1.82) is 0 Å². The zero-order valence-electron chi connectivity index (χ0n) is 14.9. The van der Waals surface area contributed by atoms with Crippen molar-refractivity contribution in [3.05, 3.63) is 0 Å². The zero-order valence-corrected chi connectivity index (χ0v) is 15.9. The van der Waals surface area contributed by atoms with Crippen LogP contribution in [0, 0.1) is 0 Å². The van der Waals surface area contributed by atoms with Gasteiger partial charge in [-0.25, -0.2) is 0 Å². The Bertz CT molecular complexity index is 329. The molecule has 0 N–H and O–H groups in total. The fourth-order valence-corrected chi connectivity index (χ4v) is 3.50. The third-order valence-corrected chi connectivity index (χ3v) is 9.19. The molecule has 0 aliphatic carbocycles. The zero-order chi connectivity index (χ0) is 16.4. The van der Waals surface area contributed by atoms with E-state index >= 15 is 0 Å². The summed E-state index contributed by atoms with van der Waals surface area (Å²) in [6.45, 7) is 13.0. The molecule has 6 heteroatoms. The highest BCUT2D eigenvalue weighted by atomic mass is 28.4. The summed E-state index contributed by atoms with van der Waals surface area (Å²) < 4.78 is 29.2. The number of hydrogen-bond acceptors (Lipinski definition) is 5. The Morgan fingerprint density at radius 2 is 1.33 bits per heavy atom. The van der Waals surface area contributed by atoms with Gasteiger partial charge >= 0.3 is 0 Å². The van der Waals surface area contributed by atoms with Gasteiger partial charge in [0.05, 0.1) is 6.10 Å². The van der Waals surface area contributed by atoms with Gasteiger partial charge in [-0.3, -0.25) is 0 Å². The molecular formula is C15H32O5Si. The van der Waals surface area contributed by atoms with E-state index in [-0.39, 0.29) is 29.5 Å². The van der Waals surface area contributed by atoms with Crippen LogP contribution in [0.2, 0.25) is 18.1 Å². The summed E-state index contributed by atoms with van der Waals surface area (Å²) in [7, 11) is 3.04. The van der Waals surface area contributed by atoms with Crippen LogP contribution in [-0.4, -0.2) is 60.4 Å². The lowest BCUT2D eigenvalue weighted by Gasteiger charge is -2.47. The second kappa shape index (κ2) is 7.06. The van der Waals surface area contributed by atoms with Gasteiger partial charge < -0.3 is 23.4 Å². The van der Waals surface area contributed by atoms with Crippen LogP contribution in [-0.2, 0) is 23.4 Å². The molecule has 5 unspecified atom stereocenters. The highest BCUT2D eigenvalue weighted by Gasteiger charge is 2.49. The summed E-state index contributed by atoms with van der Waals surface area (Å²) in [6.07, 6.45) is -1.22. The van der Waals surface area contributed by atoms with Crippen LogP contribution in [0.25, 0.3) is 0 Å². The first-order valence-electron chi connectivity index (χ1n) is 7.50. The van der Waals surface area contributed by atoms with E-state index in [2.05, 4.69) is 33.9 Å². The van der Waals surface area contributed by atoms with E-state index in [1.807, 2.05) is 6.92 Å². The van der Waals surface area contributed by atoms with Gasteiger partial charge in [0.1, 0.15) is 18.3 Å². The lowest BCUT2D eigenvalue weighted by molar-refractivity contribution is -0.286. The van der Waals surface area contributed by atoms with Crippen LogP contribution < -0.4 is 0 Å². The van der Waals surface area contributed by atoms with Gasteiger partial charge in [-0.2, -0.15) is 0 Å². The second-order valence-electron chi connectivity index (χ2n) is 7.19. The highest BCUT2D eigenvalue weighted by Crippen LogP contribution is 2.39. The average molecular weight is 321 g/mol. The predicted octanol–water partition coefficient (Wildman–Crippen LogP) is 2.80. The van der Waals surface area contributed by atoms with Crippen molar-refractivity contribution in [2.45, 2.75) is 76.5 Å². The molecule has 1 aliphatic heterocycles. The van der Waals surface area contributed by atoms with Crippen molar-refractivity contribution in [2.24, 2.45) is 0 Å². The summed E-state index contributed by atoms with van der Waals surface area (Å²) >= 11 is 0. The maximum Gasteiger partial charge on any atom is 0.195 e. The molecule has 5 atom stereocenters. The van der Waals surface area contributed by atoms with Gasteiger partial charge in [-0.05, 0) is 25.1 Å². The van der Waals surface area contributed by atoms with Gasteiger partial charge in [-0.15, -0.1) is 0 Å². The normalized spacial score (nSPS) is 35.0. The standard InChI is InChI=1S/C15H32O5Si/c1-10-11(16-5)12(17-6)13(18-7)14(19-10)20-21(8,9)15(2,3)4/h10-14H,1-9H3. The quantitative estimate of drug-likeness (QED) is 0.729. The van der Waals surface area contributed by atoms with Crippen molar-refractivity contribution >= 4 is 8.32 Å². The molecule has 1 rings (SSSR count). The van der Waals surface area contributed by atoms with E-state index in [0.29, 0.717) is 0 Å². The first-order chi connectivity index (χ1) is 9.59. The monoisotopic (exact) mass is 320 g/mol. The minimum absolute atomic E-state index is 0.110. The molecule has 0 aromatic heterocycles. The van der Waals surface area contributed by atoms with Crippen molar-refractivity contribution < 1.29 is 23.4 Å². The fourth-order valence-electron chi connectivity index (χ4n) is 2.38. The summed E-state index contributed by atoms with van der Waals surface area (Å²) in [5, 5.41) is 0.110. The molecule has 5 nitrogen and oxygen atoms in total. The first-order valence-corrected chi connectivity index (χ1v) is 10.4. The topological polar surface area (TPSA) is 46.2 Å². The van der Waals surface area contributed by atoms with Gasteiger partial charge in [0, 0.05) is 21.3 Å². The Balaban J connectivity index is 2.96. The number of hydrogen-bond donors (Lipinski definition) is 0. The molecule has 0 bridgehead atoms. The van der Waals surface area contributed by atoms with Crippen LogP contribution in [0.15, 0.2) is 0 Å². The molecule has 126 valence electrons. The van der Waals surface area contributed by atoms with Gasteiger partial charge in [0.25, 0.3) is 0 Å². The molecule has 1 saturated heterocycles. The Morgan fingerprint density at radius 3 is 1.71 bits per heavy atom. The smallest absolute Gasteiger partial charge is 0.195 e. The summed E-state index contributed by atoms with van der Waals surface area (Å²) in [4.78, 5) is 0. The average Bonchev–Trinajstić information content (AvgIpc) is 2.36. The Kier molecular flexibility index (Phi) is 6.41. The van der Waals surface area contributed by atoms with E-state index in [0.717, 1.165) is 0 Å². The minimum Gasteiger partial charge on any atom is -0.390 e. The molecule has 0 aromatic rings. The molecule has 21 heavy (non-hydrogen) atoms. The Labute approximate surface area is 130 Å². The molecule has 1 aliphatic rings. The minimum atomic E-state index is -1.96. The lowest BCUT2D eigenvalue weighted by atomic mass is 9.99. The van der Waals surface area contributed by atoms with Crippen molar-refractivity contribution in [2.75, 3.05) is 21.3 Å². The SMILES string of the molecule is COC1C(C)OC(O[Si](C)(C)C(C)(C)C)C(OC)C1OC. The van der Waals surface area contributed by atoms with E-state index in [1.54, 1.807) is 21.3 Å². The molecular weight excluding hydrogens is 288 g/mol. The maximum absolute atomic E-state index is 6.40. The molecule has 0 aromatic carbocycles. The number of methoxy groups -OCH3 is 3. The van der Waals surface area contributed by atoms with Crippen LogP contribution in [0.1, 0.15) is 27.7 Å². The van der Waals surface area contributed by atoms with Crippen LogP contribution in [0.4, 0.5) is 0 Å². The van der Waals surface area contributed by atoms with Crippen LogP contribution in [0.3, 0.4) is 0 Å². The van der Waals surface area contributed by atoms with Crippen molar-refractivity contribution in [1.82, 2.24) is 0 Å². The number of ether oxygens (including phenoxy) is 4. The fraction of sp³-hybridized carbons (Fsp3) is 1.00. The largest absolute Gasteiger partial charge is 0.390 e.